The molecule has 0 bridgehead atoms. The Hall–Kier alpha value is -0.530. The molecule has 0 saturated heterocycles. The quantitative estimate of drug-likeness (QED) is 0.562. The van der Waals surface area contributed by atoms with Gasteiger partial charge in [0.15, 0.2) is 0 Å². The van der Waals surface area contributed by atoms with Gasteiger partial charge >= 0.3 is 5.97 Å². The summed E-state index contributed by atoms with van der Waals surface area (Å²) in [4.78, 5) is 11.6. The fourth-order valence-electron chi connectivity index (χ4n) is 1.45. The minimum atomic E-state index is -4.13. The molecule has 1 aromatic rings. The maximum absolute atomic E-state index is 12.0. The van der Waals surface area contributed by atoms with Gasteiger partial charge in [-0.25, -0.2) is 13.2 Å². The van der Waals surface area contributed by atoms with Crippen LogP contribution in [0.1, 0.15) is 24.2 Å². The molecule has 0 fully saturated rings. The summed E-state index contributed by atoms with van der Waals surface area (Å²) in [7, 11) is 1.11. The van der Waals surface area contributed by atoms with E-state index >= 15 is 0 Å². The average molecular weight is 376 g/mol. The van der Waals surface area contributed by atoms with Crippen molar-refractivity contribution in [2.24, 2.45) is 0 Å². The van der Waals surface area contributed by atoms with Crippen molar-refractivity contribution in [1.82, 2.24) is 0 Å². The summed E-state index contributed by atoms with van der Waals surface area (Å²) in [5.41, 5.74) is -0.174. The van der Waals surface area contributed by atoms with Crippen LogP contribution in [0.5, 0.6) is 0 Å². The first-order chi connectivity index (χ1) is 9.66. The van der Waals surface area contributed by atoms with Gasteiger partial charge < -0.3 is 9.47 Å². The van der Waals surface area contributed by atoms with Gasteiger partial charge in [0, 0.05) is 22.3 Å². The van der Waals surface area contributed by atoms with Gasteiger partial charge in [0.1, 0.15) is 11.0 Å². The van der Waals surface area contributed by atoms with E-state index in [2.05, 4.69) is 0 Å². The van der Waals surface area contributed by atoms with Crippen LogP contribution in [0.15, 0.2) is 17.0 Å². The second-order valence-electron chi connectivity index (χ2n) is 4.08. The highest BCUT2D eigenvalue weighted by atomic mass is 35.7. The molecule has 5 nitrogen and oxygen atoms in total. The van der Waals surface area contributed by atoms with Crippen LogP contribution >= 0.6 is 33.9 Å². The topological polar surface area (TPSA) is 69.7 Å². The molecule has 9 heteroatoms. The summed E-state index contributed by atoms with van der Waals surface area (Å²) in [6.45, 7) is 4.13. The molecule has 1 aromatic carbocycles. The normalized spacial score (nSPS) is 13.0. The first kappa shape index (κ1) is 18.5. The van der Waals surface area contributed by atoms with Gasteiger partial charge in [0.25, 0.3) is 9.05 Å². The Balaban J connectivity index is 3.08. The van der Waals surface area contributed by atoms with E-state index in [0.717, 1.165) is 6.07 Å². The summed E-state index contributed by atoms with van der Waals surface area (Å²) in [5.74, 6) is -0.809. The number of carbonyl (C=O) groups excluding carboxylic acids is 1. The highest BCUT2D eigenvalue weighted by Gasteiger charge is 2.24. The number of halogens is 3. The van der Waals surface area contributed by atoms with E-state index in [0.29, 0.717) is 6.61 Å². The second kappa shape index (κ2) is 7.65. The van der Waals surface area contributed by atoms with Crippen LogP contribution in [0.25, 0.3) is 0 Å². The first-order valence-electron chi connectivity index (χ1n) is 5.89. The Morgan fingerprint density at radius 1 is 1.33 bits per heavy atom. The third-order valence-electron chi connectivity index (χ3n) is 2.35. The molecule has 1 atom stereocenters. The molecule has 1 rings (SSSR count). The standard InChI is InChI=1S/C12H13Cl3O5S/c1-3-19-6-7(2)20-12(16)9-4-8(13)5-10(11(9)14)21(15,17)18/h4-5,7H,3,6H2,1-2H3. The SMILES string of the molecule is CCOCC(C)OC(=O)c1cc(Cl)cc(S(=O)(=O)Cl)c1Cl. The van der Waals surface area contributed by atoms with E-state index in [1.807, 2.05) is 0 Å². The van der Waals surface area contributed by atoms with Gasteiger partial charge in [-0.3, -0.25) is 0 Å². The molecule has 21 heavy (non-hydrogen) atoms. The predicted octanol–water partition coefficient (Wildman–Crippen LogP) is 3.50. The van der Waals surface area contributed by atoms with Crippen molar-refractivity contribution < 1.29 is 22.7 Å². The molecule has 0 radical (unpaired) electrons. The molecule has 0 aliphatic rings. The highest BCUT2D eigenvalue weighted by molar-refractivity contribution is 8.13. The Kier molecular flexibility index (Phi) is 6.74. The smallest absolute Gasteiger partial charge is 0.340 e. The van der Waals surface area contributed by atoms with Crippen LogP contribution in [0.4, 0.5) is 0 Å². The Bertz CT molecular complexity index is 630. The lowest BCUT2D eigenvalue weighted by Gasteiger charge is -2.14. The Morgan fingerprint density at radius 3 is 2.48 bits per heavy atom. The van der Waals surface area contributed by atoms with E-state index in [9.17, 15) is 13.2 Å². The van der Waals surface area contributed by atoms with Gasteiger partial charge in [-0.2, -0.15) is 0 Å². The monoisotopic (exact) mass is 374 g/mol. The van der Waals surface area contributed by atoms with Crippen molar-refractivity contribution in [1.29, 1.82) is 0 Å². The molecular formula is C12H13Cl3O5S. The van der Waals surface area contributed by atoms with E-state index < -0.39 is 26.0 Å². The van der Waals surface area contributed by atoms with E-state index in [1.54, 1.807) is 13.8 Å². The number of benzene rings is 1. The third-order valence-corrected chi connectivity index (χ3v) is 4.44. The maximum atomic E-state index is 12.0. The van der Waals surface area contributed by atoms with Crippen LogP contribution in [0.2, 0.25) is 10.0 Å². The van der Waals surface area contributed by atoms with Gasteiger partial charge in [0.2, 0.25) is 0 Å². The molecule has 0 aromatic heterocycles. The molecular weight excluding hydrogens is 363 g/mol. The van der Waals surface area contributed by atoms with E-state index in [-0.39, 0.29) is 22.2 Å². The largest absolute Gasteiger partial charge is 0.457 e. The zero-order valence-corrected chi connectivity index (χ0v) is 14.3. The summed E-state index contributed by atoms with van der Waals surface area (Å²) < 4.78 is 33.0. The van der Waals surface area contributed by atoms with Crippen molar-refractivity contribution in [3.8, 4) is 0 Å². The number of ether oxygens (including phenoxy) is 2. The van der Waals surface area contributed by atoms with Crippen molar-refractivity contribution in [3.05, 3.63) is 27.7 Å². The van der Waals surface area contributed by atoms with Crippen LogP contribution in [0.3, 0.4) is 0 Å². The summed E-state index contributed by atoms with van der Waals surface area (Å²) in [5, 5.41) is -0.328. The van der Waals surface area contributed by atoms with Gasteiger partial charge in [-0.15, -0.1) is 0 Å². The zero-order chi connectivity index (χ0) is 16.2. The number of esters is 1. The Labute approximate surface area is 137 Å². The molecule has 0 heterocycles. The van der Waals surface area contributed by atoms with Crippen LogP contribution in [-0.4, -0.2) is 33.7 Å². The highest BCUT2D eigenvalue weighted by Crippen LogP contribution is 2.32. The van der Waals surface area contributed by atoms with E-state index in [4.69, 9.17) is 43.4 Å². The molecule has 0 amide bonds. The lowest BCUT2D eigenvalue weighted by molar-refractivity contribution is 0.00439. The minimum absolute atomic E-state index is 0.00281. The maximum Gasteiger partial charge on any atom is 0.340 e. The van der Waals surface area contributed by atoms with Crippen LogP contribution in [-0.2, 0) is 18.5 Å². The van der Waals surface area contributed by atoms with Crippen molar-refractivity contribution in [3.63, 3.8) is 0 Å². The van der Waals surface area contributed by atoms with Crippen LogP contribution in [0, 0.1) is 0 Å². The summed E-state index contributed by atoms with van der Waals surface area (Å²) in [6.07, 6.45) is -0.524. The number of carbonyl (C=O) groups is 1. The minimum Gasteiger partial charge on any atom is -0.457 e. The molecule has 1 unspecified atom stereocenters. The van der Waals surface area contributed by atoms with Gasteiger partial charge in [-0.1, -0.05) is 23.2 Å². The lowest BCUT2D eigenvalue weighted by atomic mass is 10.2. The Morgan fingerprint density at radius 2 is 1.95 bits per heavy atom. The van der Waals surface area contributed by atoms with Crippen molar-refractivity contribution in [2.75, 3.05) is 13.2 Å². The van der Waals surface area contributed by atoms with E-state index in [1.165, 1.54) is 6.07 Å². The lowest BCUT2D eigenvalue weighted by Crippen LogP contribution is -2.21. The zero-order valence-electron chi connectivity index (χ0n) is 11.2. The fraction of sp³-hybridized carbons (Fsp3) is 0.417. The van der Waals surface area contributed by atoms with Gasteiger partial charge in [-0.05, 0) is 26.0 Å². The molecule has 0 aliphatic carbocycles. The molecule has 0 aliphatic heterocycles. The molecule has 0 spiro atoms. The summed E-state index contributed by atoms with van der Waals surface area (Å²) >= 11 is 11.7. The van der Waals surface area contributed by atoms with Crippen molar-refractivity contribution in [2.45, 2.75) is 24.8 Å². The average Bonchev–Trinajstić information content (AvgIpc) is 2.37. The first-order valence-corrected chi connectivity index (χ1v) is 8.95. The fourth-order valence-corrected chi connectivity index (χ4v) is 3.30. The van der Waals surface area contributed by atoms with Crippen LogP contribution < -0.4 is 0 Å². The van der Waals surface area contributed by atoms with Crippen molar-refractivity contribution >= 4 is 48.9 Å². The number of hydrogen-bond donors (Lipinski definition) is 0. The number of hydrogen-bond acceptors (Lipinski definition) is 5. The third kappa shape index (κ3) is 5.30. The number of rotatable bonds is 6. The summed E-state index contributed by atoms with van der Waals surface area (Å²) in [6, 6.07) is 2.28. The molecule has 0 N–H and O–H groups in total. The molecule has 0 saturated carbocycles. The molecule has 118 valence electrons. The van der Waals surface area contributed by atoms with Gasteiger partial charge in [0.05, 0.1) is 17.2 Å². The second-order valence-corrected chi connectivity index (χ2v) is 7.43. The predicted molar refractivity (Wildman–Crippen MR) is 80.9 cm³/mol.